The van der Waals surface area contributed by atoms with E-state index in [1.165, 1.54) is 0 Å². The molecule has 23 heavy (non-hydrogen) atoms. The minimum Gasteiger partial charge on any atom is -0.456 e. The van der Waals surface area contributed by atoms with Crippen molar-refractivity contribution in [3.05, 3.63) is 47.5 Å². The number of nitrogens with zero attached hydrogens (tertiary/aromatic N) is 3. The lowest BCUT2D eigenvalue weighted by molar-refractivity contribution is 0.0922. The number of furan rings is 1. The molecule has 1 N–H and O–H groups in total. The molecule has 2 aromatic heterocycles. The molecule has 3 rings (SSSR count). The van der Waals surface area contributed by atoms with E-state index in [1.54, 1.807) is 18.3 Å². The number of nitrogens with one attached hydrogen (secondary N) is 1. The zero-order valence-corrected chi connectivity index (χ0v) is 13.6. The molecule has 0 aliphatic carbocycles. The molecule has 0 saturated carbocycles. The van der Waals surface area contributed by atoms with Crippen molar-refractivity contribution < 1.29 is 9.21 Å². The van der Waals surface area contributed by atoms with Crippen LogP contribution in [0, 0.1) is 6.92 Å². The van der Waals surface area contributed by atoms with Crippen LogP contribution in [-0.4, -0.2) is 49.0 Å². The van der Waals surface area contributed by atoms with E-state index in [2.05, 4.69) is 27.1 Å². The largest absolute Gasteiger partial charge is 0.456 e. The molecule has 2 aromatic rings. The molecule has 0 bridgehead atoms. The second-order valence-corrected chi connectivity index (χ2v) is 5.91. The van der Waals surface area contributed by atoms with Crippen molar-refractivity contribution in [2.24, 2.45) is 0 Å². The predicted molar refractivity (Wildman–Crippen MR) is 88.6 cm³/mol. The Morgan fingerprint density at radius 2 is 2.04 bits per heavy atom. The van der Waals surface area contributed by atoms with E-state index in [-0.39, 0.29) is 5.91 Å². The number of rotatable bonds is 4. The summed E-state index contributed by atoms with van der Waals surface area (Å²) < 4.78 is 5.33. The van der Waals surface area contributed by atoms with Gasteiger partial charge in [-0.05, 0) is 43.8 Å². The molecule has 122 valence electrons. The van der Waals surface area contributed by atoms with Gasteiger partial charge in [-0.1, -0.05) is 0 Å². The lowest BCUT2D eigenvalue weighted by Crippen LogP contribution is -2.44. The first-order valence-electron chi connectivity index (χ1n) is 7.85. The van der Waals surface area contributed by atoms with Crippen molar-refractivity contribution in [3.63, 3.8) is 0 Å². The van der Waals surface area contributed by atoms with Gasteiger partial charge >= 0.3 is 0 Å². The SMILES string of the molecule is Cc1ccc(C(=O)NCc2ccnc(N3CCN(C)CC3)c2)o1. The van der Waals surface area contributed by atoms with Gasteiger partial charge in [-0.25, -0.2) is 4.98 Å². The number of hydrogen-bond acceptors (Lipinski definition) is 5. The van der Waals surface area contributed by atoms with Crippen LogP contribution in [0.15, 0.2) is 34.9 Å². The number of likely N-dealkylation sites (N-methyl/N-ethyl adjacent to an activating group) is 1. The average molecular weight is 314 g/mol. The molecule has 1 aliphatic heterocycles. The van der Waals surface area contributed by atoms with Gasteiger partial charge in [-0.3, -0.25) is 4.79 Å². The fourth-order valence-electron chi connectivity index (χ4n) is 2.61. The van der Waals surface area contributed by atoms with E-state index in [9.17, 15) is 4.79 Å². The van der Waals surface area contributed by atoms with Gasteiger partial charge in [0.05, 0.1) is 0 Å². The van der Waals surface area contributed by atoms with E-state index in [1.807, 2.05) is 19.1 Å². The zero-order valence-electron chi connectivity index (χ0n) is 13.6. The lowest BCUT2D eigenvalue weighted by Gasteiger charge is -2.33. The Balaban J connectivity index is 1.60. The van der Waals surface area contributed by atoms with Gasteiger partial charge in [-0.2, -0.15) is 0 Å². The standard InChI is InChI=1S/C17H22N4O2/c1-13-3-4-15(23-13)17(22)19-12-14-5-6-18-16(11-14)21-9-7-20(2)8-10-21/h3-6,11H,7-10,12H2,1-2H3,(H,19,22). The summed E-state index contributed by atoms with van der Waals surface area (Å²) in [4.78, 5) is 21.1. The van der Waals surface area contributed by atoms with Crippen molar-refractivity contribution in [2.75, 3.05) is 38.1 Å². The van der Waals surface area contributed by atoms with Gasteiger partial charge in [-0.15, -0.1) is 0 Å². The minimum absolute atomic E-state index is 0.198. The van der Waals surface area contributed by atoms with Crippen molar-refractivity contribution in [3.8, 4) is 0 Å². The van der Waals surface area contributed by atoms with Crippen LogP contribution >= 0.6 is 0 Å². The number of amides is 1. The van der Waals surface area contributed by atoms with Crippen LogP contribution in [0.3, 0.4) is 0 Å². The van der Waals surface area contributed by atoms with E-state index in [4.69, 9.17) is 4.42 Å². The Morgan fingerprint density at radius 3 is 2.74 bits per heavy atom. The Labute approximate surface area is 136 Å². The summed E-state index contributed by atoms with van der Waals surface area (Å²) in [6.07, 6.45) is 1.80. The number of piperazine rings is 1. The highest BCUT2D eigenvalue weighted by atomic mass is 16.3. The molecule has 6 nitrogen and oxygen atoms in total. The van der Waals surface area contributed by atoms with Crippen molar-refractivity contribution in [2.45, 2.75) is 13.5 Å². The molecule has 0 aromatic carbocycles. The first kappa shape index (κ1) is 15.6. The summed E-state index contributed by atoms with van der Waals surface area (Å²) in [5, 5.41) is 2.88. The maximum Gasteiger partial charge on any atom is 0.287 e. The predicted octanol–water partition coefficient (Wildman–Crippen LogP) is 1.66. The summed E-state index contributed by atoms with van der Waals surface area (Å²) in [6.45, 7) is 6.32. The molecule has 6 heteroatoms. The first-order chi connectivity index (χ1) is 11.1. The molecular weight excluding hydrogens is 292 g/mol. The maximum absolute atomic E-state index is 12.0. The topological polar surface area (TPSA) is 61.6 Å². The maximum atomic E-state index is 12.0. The van der Waals surface area contributed by atoms with Gasteiger partial charge in [0.1, 0.15) is 11.6 Å². The molecule has 0 radical (unpaired) electrons. The molecule has 1 amide bonds. The summed E-state index contributed by atoms with van der Waals surface area (Å²) in [5.41, 5.74) is 1.03. The quantitative estimate of drug-likeness (QED) is 0.930. The number of pyridine rings is 1. The summed E-state index contributed by atoms with van der Waals surface area (Å²) in [6, 6.07) is 7.44. The van der Waals surface area contributed by atoms with E-state index >= 15 is 0 Å². The van der Waals surface area contributed by atoms with Gasteiger partial charge in [0.2, 0.25) is 0 Å². The molecule has 3 heterocycles. The molecule has 1 saturated heterocycles. The average Bonchev–Trinajstić information content (AvgIpc) is 3.00. The van der Waals surface area contributed by atoms with Crippen LogP contribution in [0.1, 0.15) is 21.9 Å². The molecular formula is C17H22N4O2. The van der Waals surface area contributed by atoms with Crippen LogP contribution in [-0.2, 0) is 6.54 Å². The second-order valence-electron chi connectivity index (χ2n) is 5.91. The van der Waals surface area contributed by atoms with Crippen molar-refractivity contribution >= 4 is 11.7 Å². The molecule has 1 aliphatic rings. The summed E-state index contributed by atoms with van der Waals surface area (Å²) in [5.74, 6) is 1.85. The Kier molecular flexibility index (Phi) is 4.62. The van der Waals surface area contributed by atoms with E-state index in [0.717, 1.165) is 43.3 Å². The smallest absolute Gasteiger partial charge is 0.287 e. The monoisotopic (exact) mass is 314 g/mol. The normalized spacial score (nSPS) is 15.7. The van der Waals surface area contributed by atoms with Gasteiger partial charge in [0.25, 0.3) is 5.91 Å². The van der Waals surface area contributed by atoms with Crippen LogP contribution in [0.2, 0.25) is 0 Å². The van der Waals surface area contributed by atoms with Crippen LogP contribution < -0.4 is 10.2 Å². The highest BCUT2D eigenvalue weighted by molar-refractivity contribution is 5.91. The van der Waals surface area contributed by atoms with Crippen LogP contribution in [0.5, 0.6) is 0 Å². The summed E-state index contributed by atoms with van der Waals surface area (Å²) in [7, 11) is 2.13. The fourth-order valence-corrected chi connectivity index (χ4v) is 2.61. The Bertz CT molecular complexity index is 675. The zero-order chi connectivity index (χ0) is 16.2. The number of hydrogen-bond donors (Lipinski definition) is 1. The third-order valence-electron chi connectivity index (χ3n) is 4.05. The number of aryl methyl sites for hydroxylation is 1. The second kappa shape index (κ2) is 6.83. The Morgan fingerprint density at radius 1 is 1.26 bits per heavy atom. The van der Waals surface area contributed by atoms with Gasteiger partial charge in [0, 0.05) is 38.9 Å². The fraction of sp³-hybridized carbons (Fsp3) is 0.412. The van der Waals surface area contributed by atoms with E-state index < -0.39 is 0 Å². The lowest BCUT2D eigenvalue weighted by atomic mass is 10.2. The number of aromatic nitrogens is 1. The van der Waals surface area contributed by atoms with Gasteiger partial charge < -0.3 is 19.5 Å². The number of carbonyl (C=O) groups excluding carboxylic acids is 1. The first-order valence-corrected chi connectivity index (χ1v) is 7.85. The highest BCUT2D eigenvalue weighted by Gasteiger charge is 2.15. The van der Waals surface area contributed by atoms with Crippen molar-refractivity contribution in [1.82, 2.24) is 15.2 Å². The molecule has 0 unspecified atom stereocenters. The van der Waals surface area contributed by atoms with E-state index in [0.29, 0.717) is 12.3 Å². The van der Waals surface area contributed by atoms with Crippen LogP contribution in [0.25, 0.3) is 0 Å². The van der Waals surface area contributed by atoms with Crippen molar-refractivity contribution in [1.29, 1.82) is 0 Å². The minimum atomic E-state index is -0.198. The molecule has 1 fully saturated rings. The molecule has 0 spiro atoms. The third kappa shape index (κ3) is 3.90. The molecule has 0 atom stereocenters. The van der Waals surface area contributed by atoms with Crippen LogP contribution in [0.4, 0.5) is 5.82 Å². The summed E-state index contributed by atoms with van der Waals surface area (Å²) >= 11 is 0. The van der Waals surface area contributed by atoms with Gasteiger partial charge in [0.15, 0.2) is 5.76 Å². The Hall–Kier alpha value is -2.34. The third-order valence-corrected chi connectivity index (χ3v) is 4.05. The number of anilines is 1. The number of carbonyl (C=O) groups is 1. The highest BCUT2D eigenvalue weighted by Crippen LogP contribution is 2.15.